The zero-order chi connectivity index (χ0) is 13.7. The summed E-state index contributed by atoms with van der Waals surface area (Å²) in [6.45, 7) is 10.0. The lowest BCUT2D eigenvalue weighted by Crippen LogP contribution is -2.26. The van der Waals surface area contributed by atoms with Crippen molar-refractivity contribution >= 4 is 28.3 Å². The van der Waals surface area contributed by atoms with Crippen molar-refractivity contribution in [3.63, 3.8) is 0 Å². The second-order valence-electron chi connectivity index (χ2n) is 4.31. The molecule has 0 saturated heterocycles. The fourth-order valence-electron chi connectivity index (χ4n) is 1.85. The smallest absolute Gasteiger partial charge is 0.136 e. The molecule has 0 aromatic heterocycles. The molecule has 4 heteroatoms. The van der Waals surface area contributed by atoms with Gasteiger partial charge in [0, 0.05) is 18.8 Å². The summed E-state index contributed by atoms with van der Waals surface area (Å²) < 4.78 is 0.948. The number of aromatic hydroxyl groups is 1. The van der Waals surface area contributed by atoms with Crippen molar-refractivity contribution in [3.8, 4) is 5.75 Å². The first kappa shape index (κ1) is 15.3. The zero-order valence-corrected chi connectivity index (χ0v) is 13.1. The molecular weight excluding hydrogens is 262 g/mol. The van der Waals surface area contributed by atoms with Crippen molar-refractivity contribution in [1.29, 1.82) is 0 Å². The number of nitrogens with zero attached hydrogens (tertiary/aromatic N) is 1. The van der Waals surface area contributed by atoms with E-state index in [4.69, 9.17) is 12.2 Å². The molecule has 2 nitrogen and oxygen atoms in total. The number of phenolic OH excluding ortho intramolecular Hbond substituents is 1. The Balaban J connectivity index is 2.67. The van der Waals surface area contributed by atoms with Gasteiger partial charge in [-0.05, 0) is 44.4 Å². The number of thioether (sulfide) groups is 1. The van der Waals surface area contributed by atoms with Gasteiger partial charge in [0.2, 0.25) is 0 Å². The van der Waals surface area contributed by atoms with Gasteiger partial charge in [0.05, 0.1) is 0 Å². The second-order valence-corrected chi connectivity index (χ2v) is 5.91. The van der Waals surface area contributed by atoms with Gasteiger partial charge in [0.15, 0.2) is 0 Å². The van der Waals surface area contributed by atoms with Crippen LogP contribution >= 0.6 is 24.0 Å². The first-order valence-corrected chi connectivity index (χ1v) is 7.59. The molecule has 18 heavy (non-hydrogen) atoms. The lowest BCUT2D eigenvalue weighted by Gasteiger charge is -2.21. The maximum Gasteiger partial charge on any atom is 0.136 e. The van der Waals surface area contributed by atoms with Crippen LogP contribution in [0.15, 0.2) is 12.1 Å². The van der Waals surface area contributed by atoms with Gasteiger partial charge >= 0.3 is 0 Å². The summed E-state index contributed by atoms with van der Waals surface area (Å²) >= 11 is 7.09. The summed E-state index contributed by atoms with van der Waals surface area (Å²) in [4.78, 5) is 2.18. The standard InChI is InChI=1S/C14H21NOS2/c1-5-15(6-2)14(17)18-9-12-7-10(3)13(16)11(4)8-12/h7-8,16H,5-6,9H2,1-4H3. The van der Waals surface area contributed by atoms with Crippen LogP contribution in [0.4, 0.5) is 0 Å². The minimum atomic E-state index is 0.398. The summed E-state index contributed by atoms with van der Waals surface area (Å²) in [6, 6.07) is 4.06. The SMILES string of the molecule is CCN(CC)C(=S)SCc1cc(C)c(O)c(C)c1. The maximum absolute atomic E-state index is 9.73. The van der Waals surface area contributed by atoms with Gasteiger partial charge < -0.3 is 10.0 Å². The number of thiocarbonyl (C=S) groups is 1. The highest BCUT2D eigenvalue weighted by Crippen LogP contribution is 2.25. The average molecular weight is 283 g/mol. The van der Waals surface area contributed by atoms with Crippen molar-refractivity contribution in [1.82, 2.24) is 4.90 Å². The van der Waals surface area contributed by atoms with Crippen LogP contribution in [0.3, 0.4) is 0 Å². The Morgan fingerprint density at radius 3 is 2.17 bits per heavy atom. The number of phenols is 1. The summed E-state index contributed by atoms with van der Waals surface area (Å²) in [7, 11) is 0. The molecule has 0 unspecified atom stereocenters. The average Bonchev–Trinajstić information content (AvgIpc) is 2.34. The molecular formula is C14H21NOS2. The number of aryl methyl sites for hydroxylation is 2. The monoisotopic (exact) mass is 283 g/mol. The van der Waals surface area contributed by atoms with E-state index in [2.05, 4.69) is 18.7 Å². The molecule has 0 fully saturated rings. The molecule has 0 atom stereocenters. The molecule has 0 saturated carbocycles. The molecule has 100 valence electrons. The van der Waals surface area contributed by atoms with Crippen LogP contribution in [0.2, 0.25) is 0 Å². The van der Waals surface area contributed by atoms with E-state index in [1.165, 1.54) is 5.56 Å². The second kappa shape index (κ2) is 7.00. The molecule has 0 spiro atoms. The Morgan fingerprint density at radius 2 is 1.72 bits per heavy atom. The van der Waals surface area contributed by atoms with Crippen molar-refractivity contribution in [2.75, 3.05) is 13.1 Å². The number of hydrogen-bond acceptors (Lipinski definition) is 3. The summed E-state index contributed by atoms with van der Waals surface area (Å²) in [5.41, 5.74) is 3.07. The lowest BCUT2D eigenvalue weighted by molar-refractivity contribution is 0.466. The van der Waals surface area contributed by atoms with Crippen LogP contribution in [-0.4, -0.2) is 27.4 Å². The molecule has 0 aliphatic rings. The quantitative estimate of drug-likeness (QED) is 0.847. The fourth-order valence-corrected chi connectivity index (χ4v) is 3.18. The van der Waals surface area contributed by atoms with Gasteiger partial charge in [-0.15, -0.1) is 0 Å². The largest absolute Gasteiger partial charge is 0.507 e. The van der Waals surface area contributed by atoms with Crippen molar-refractivity contribution in [3.05, 3.63) is 28.8 Å². The number of hydrogen-bond donors (Lipinski definition) is 1. The van der Waals surface area contributed by atoms with Crippen LogP contribution < -0.4 is 0 Å². The maximum atomic E-state index is 9.73. The topological polar surface area (TPSA) is 23.5 Å². The van der Waals surface area contributed by atoms with Gasteiger partial charge in [-0.3, -0.25) is 0 Å². The first-order valence-electron chi connectivity index (χ1n) is 6.20. The highest BCUT2D eigenvalue weighted by molar-refractivity contribution is 8.22. The minimum Gasteiger partial charge on any atom is -0.507 e. The third-order valence-corrected chi connectivity index (χ3v) is 4.53. The van der Waals surface area contributed by atoms with E-state index in [1.807, 2.05) is 26.0 Å². The first-order chi connectivity index (χ1) is 8.49. The van der Waals surface area contributed by atoms with Gasteiger partial charge in [0.1, 0.15) is 10.1 Å². The predicted molar refractivity (Wildman–Crippen MR) is 84.4 cm³/mol. The van der Waals surface area contributed by atoms with Crippen molar-refractivity contribution < 1.29 is 5.11 Å². The zero-order valence-electron chi connectivity index (χ0n) is 11.5. The van der Waals surface area contributed by atoms with E-state index in [1.54, 1.807) is 11.8 Å². The van der Waals surface area contributed by atoms with Crippen molar-refractivity contribution in [2.45, 2.75) is 33.4 Å². The van der Waals surface area contributed by atoms with E-state index in [0.717, 1.165) is 34.3 Å². The highest BCUT2D eigenvalue weighted by atomic mass is 32.2. The summed E-state index contributed by atoms with van der Waals surface area (Å²) in [5, 5.41) is 9.73. The Kier molecular flexibility index (Phi) is 5.96. The van der Waals surface area contributed by atoms with E-state index >= 15 is 0 Å². The van der Waals surface area contributed by atoms with E-state index in [-0.39, 0.29) is 0 Å². The highest BCUT2D eigenvalue weighted by Gasteiger charge is 2.08. The summed E-state index contributed by atoms with van der Waals surface area (Å²) in [6.07, 6.45) is 0. The van der Waals surface area contributed by atoms with Crippen molar-refractivity contribution in [2.24, 2.45) is 0 Å². The Bertz CT molecular complexity index is 405. The Hall–Kier alpha value is -0.740. The predicted octanol–water partition coefficient (Wildman–Crippen LogP) is 3.87. The Morgan fingerprint density at radius 1 is 1.22 bits per heavy atom. The third kappa shape index (κ3) is 3.89. The van der Waals surface area contributed by atoms with Crippen LogP contribution in [-0.2, 0) is 5.75 Å². The van der Waals surface area contributed by atoms with Gasteiger partial charge in [0.25, 0.3) is 0 Å². The Labute approximate surface area is 119 Å². The molecule has 1 aromatic rings. The van der Waals surface area contributed by atoms with Crippen LogP contribution in [0.5, 0.6) is 5.75 Å². The normalized spacial score (nSPS) is 10.4. The number of benzene rings is 1. The summed E-state index contributed by atoms with van der Waals surface area (Å²) in [5.74, 6) is 1.26. The minimum absolute atomic E-state index is 0.398. The molecule has 0 heterocycles. The molecule has 0 amide bonds. The lowest BCUT2D eigenvalue weighted by atomic mass is 10.1. The molecule has 1 aromatic carbocycles. The van der Waals surface area contributed by atoms with Gasteiger partial charge in [-0.2, -0.15) is 0 Å². The van der Waals surface area contributed by atoms with Crippen LogP contribution in [0, 0.1) is 13.8 Å². The number of rotatable bonds is 4. The molecule has 0 bridgehead atoms. The van der Waals surface area contributed by atoms with E-state index in [0.29, 0.717) is 5.75 Å². The van der Waals surface area contributed by atoms with E-state index in [9.17, 15) is 5.11 Å². The molecule has 0 aliphatic heterocycles. The van der Waals surface area contributed by atoms with Crippen LogP contribution in [0.1, 0.15) is 30.5 Å². The fraction of sp³-hybridized carbons (Fsp3) is 0.500. The van der Waals surface area contributed by atoms with Gasteiger partial charge in [-0.1, -0.05) is 36.1 Å². The molecule has 0 aliphatic carbocycles. The van der Waals surface area contributed by atoms with Crippen LogP contribution in [0.25, 0.3) is 0 Å². The molecule has 1 rings (SSSR count). The van der Waals surface area contributed by atoms with E-state index < -0.39 is 0 Å². The van der Waals surface area contributed by atoms with Gasteiger partial charge in [-0.25, -0.2) is 0 Å². The third-order valence-electron chi connectivity index (χ3n) is 2.93. The molecule has 1 N–H and O–H groups in total. The molecule has 0 radical (unpaired) electrons.